The van der Waals surface area contributed by atoms with Crippen molar-refractivity contribution in [1.29, 1.82) is 0 Å². The Morgan fingerprint density at radius 2 is 1.78 bits per heavy atom. The highest BCUT2D eigenvalue weighted by Crippen LogP contribution is 2.28. The fraction of sp³-hybridized carbons (Fsp3) is 0.227. The minimum atomic E-state index is -0.969. The molecule has 2 heterocycles. The maximum absolute atomic E-state index is 12.8. The topological polar surface area (TPSA) is 70.5 Å². The Kier molecular flexibility index (Phi) is 4.59. The maximum atomic E-state index is 12.8. The molecule has 0 amide bonds. The Bertz CT molecular complexity index is 1000. The van der Waals surface area contributed by atoms with Crippen LogP contribution in [0.1, 0.15) is 33.6 Å². The highest BCUT2D eigenvalue weighted by atomic mass is 16.4. The van der Waals surface area contributed by atoms with Crippen LogP contribution in [0.5, 0.6) is 0 Å². The van der Waals surface area contributed by atoms with E-state index in [0.29, 0.717) is 23.3 Å². The van der Waals surface area contributed by atoms with Crippen LogP contribution in [0.15, 0.2) is 60.7 Å². The van der Waals surface area contributed by atoms with E-state index in [1.54, 1.807) is 12.1 Å². The lowest BCUT2D eigenvalue weighted by atomic mass is 9.90. The number of hydrogen-bond acceptors (Lipinski definition) is 4. The number of para-hydroxylation sites is 1. The molecule has 0 unspecified atom stereocenters. The summed E-state index contributed by atoms with van der Waals surface area (Å²) < 4.78 is 0. The van der Waals surface area contributed by atoms with Crippen molar-refractivity contribution in [2.45, 2.75) is 12.8 Å². The molecule has 0 saturated carbocycles. The van der Waals surface area contributed by atoms with Crippen molar-refractivity contribution >= 4 is 28.5 Å². The molecule has 1 aliphatic heterocycles. The van der Waals surface area contributed by atoms with Crippen LogP contribution in [0.2, 0.25) is 0 Å². The van der Waals surface area contributed by atoms with Gasteiger partial charge in [0.15, 0.2) is 5.78 Å². The van der Waals surface area contributed by atoms with E-state index in [1.807, 2.05) is 53.4 Å². The summed E-state index contributed by atoms with van der Waals surface area (Å²) in [6.45, 7) is 1.32. The monoisotopic (exact) mass is 360 g/mol. The van der Waals surface area contributed by atoms with Gasteiger partial charge in [0.05, 0.1) is 11.1 Å². The van der Waals surface area contributed by atoms with Crippen LogP contribution in [0.25, 0.3) is 10.9 Å². The van der Waals surface area contributed by atoms with Crippen LogP contribution >= 0.6 is 0 Å². The number of Topliss-reactive ketones (excluding diaryl/α,β-unsaturated/α-hetero) is 1. The highest BCUT2D eigenvalue weighted by Gasteiger charge is 2.28. The molecule has 136 valence electrons. The molecule has 1 aliphatic rings. The van der Waals surface area contributed by atoms with Gasteiger partial charge in [-0.2, -0.15) is 0 Å². The number of benzene rings is 2. The van der Waals surface area contributed by atoms with Crippen LogP contribution in [0.4, 0.5) is 5.82 Å². The SMILES string of the molecule is O=C(O)c1cc(N2CCC[C@H](C(=O)c3ccccc3)C2)nc2ccccc12. The number of carboxylic acids is 1. The van der Waals surface area contributed by atoms with E-state index in [2.05, 4.69) is 4.98 Å². The van der Waals surface area contributed by atoms with Gasteiger partial charge in [0, 0.05) is 30.0 Å². The largest absolute Gasteiger partial charge is 0.478 e. The molecular formula is C22H20N2O3. The summed E-state index contributed by atoms with van der Waals surface area (Å²) in [5, 5.41) is 10.2. The van der Waals surface area contributed by atoms with Gasteiger partial charge in [-0.25, -0.2) is 9.78 Å². The summed E-state index contributed by atoms with van der Waals surface area (Å²) in [7, 11) is 0. The average Bonchev–Trinajstić information content (AvgIpc) is 2.73. The second-order valence-electron chi connectivity index (χ2n) is 6.87. The standard InChI is InChI=1S/C22H20N2O3/c25-21(15-7-2-1-3-8-15)16-9-6-12-24(14-16)20-13-18(22(26)27)17-10-4-5-11-19(17)23-20/h1-5,7-8,10-11,13,16H,6,9,12,14H2,(H,26,27)/t16-/m0/s1. The zero-order valence-corrected chi connectivity index (χ0v) is 14.8. The number of fused-ring (bicyclic) bond motifs is 1. The molecule has 5 heteroatoms. The van der Waals surface area contributed by atoms with E-state index in [0.717, 1.165) is 24.9 Å². The van der Waals surface area contributed by atoms with E-state index in [9.17, 15) is 14.7 Å². The number of carbonyl (C=O) groups is 2. The smallest absolute Gasteiger partial charge is 0.336 e. The molecule has 0 bridgehead atoms. The number of rotatable bonds is 4. The van der Waals surface area contributed by atoms with E-state index >= 15 is 0 Å². The highest BCUT2D eigenvalue weighted by molar-refractivity contribution is 6.03. The molecule has 0 aliphatic carbocycles. The van der Waals surface area contributed by atoms with E-state index in [1.165, 1.54) is 0 Å². The minimum absolute atomic E-state index is 0.109. The Hall–Kier alpha value is -3.21. The molecule has 1 aromatic heterocycles. The third-order valence-corrected chi connectivity index (χ3v) is 5.11. The van der Waals surface area contributed by atoms with Gasteiger partial charge in [-0.3, -0.25) is 4.79 Å². The van der Waals surface area contributed by atoms with E-state index in [4.69, 9.17) is 0 Å². The predicted octanol–water partition coefficient (Wildman–Crippen LogP) is 4.03. The van der Waals surface area contributed by atoms with Gasteiger partial charge in [0.1, 0.15) is 5.82 Å². The first-order chi connectivity index (χ1) is 13.1. The molecule has 1 saturated heterocycles. The average molecular weight is 360 g/mol. The third kappa shape index (κ3) is 3.40. The number of aromatic nitrogens is 1. The lowest BCUT2D eigenvalue weighted by Gasteiger charge is -2.33. The molecule has 1 fully saturated rings. The molecule has 0 spiro atoms. The zero-order valence-electron chi connectivity index (χ0n) is 14.8. The molecular weight excluding hydrogens is 340 g/mol. The van der Waals surface area contributed by atoms with Gasteiger partial charge >= 0.3 is 5.97 Å². The Labute approximate surface area is 157 Å². The molecule has 1 atom stereocenters. The zero-order chi connectivity index (χ0) is 18.8. The molecule has 1 N–H and O–H groups in total. The minimum Gasteiger partial charge on any atom is -0.478 e. The van der Waals surface area contributed by atoms with Crippen LogP contribution in [-0.2, 0) is 0 Å². The van der Waals surface area contributed by atoms with Gasteiger partial charge < -0.3 is 10.0 Å². The second-order valence-corrected chi connectivity index (χ2v) is 6.87. The number of ketones is 1. The van der Waals surface area contributed by atoms with Gasteiger partial charge in [-0.15, -0.1) is 0 Å². The number of pyridine rings is 1. The molecule has 0 radical (unpaired) electrons. The number of nitrogens with zero attached hydrogens (tertiary/aromatic N) is 2. The van der Waals surface area contributed by atoms with Crippen molar-refractivity contribution in [3.63, 3.8) is 0 Å². The summed E-state index contributed by atoms with van der Waals surface area (Å²) in [5.41, 5.74) is 1.62. The summed E-state index contributed by atoms with van der Waals surface area (Å²) in [4.78, 5) is 31.2. The van der Waals surface area contributed by atoms with Crippen molar-refractivity contribution in [2.24, 2.45) is 5.92 Å². The lowest BCUT2D eigenvalue weighted by Crippen LogP contribution is -2.39. The molecule has 5 nitrogen and oxygen atoms in total. The summed E-state index contributed by atoms with van der Waals surface area (Å²) in [6, 6.07) is 18.2. The quantitative estimate of drug-likeness (QED) is 0.711. The van der Waals surface area contributed by atoms with E-state index in [-0.39, 0.29) is 17.3 Å². The fourth-order valence-electron chi connectivity index (χ4n) is 3.74. The number of carbonyl (C=O) groups excluding carboxylic acids is 1. The number of hydrogen-bond donors (Lipinski definition) is 1. The Balaban J connectivity index is 1.65. The second kappa shape index (κ2) is 7.19. The number of piperidine rings is 1. The molecule has 27 heavy (non-hydrogen) atoms. The van der Waals surface area contributed by atoms with Gasteiger partial charge in [-0.05, 0) is 25.0 Å². The van der Waals surface area contributed by atoms with Crippen LogP contribution in [-0.4, -0.2) is 34.9 Å². The Morgan fingerprint density at radius 1 is 1.04 bits per heavy atom. The van der Waals surface area contributed by atoms with Gasteiger partial charge in [-0.1, -0.05) is 48.5 Å². The predicted molar refractivity (Wildman–Crippen MR) is 104 cm³/mol. The summed E-state index contributed by atoms with van der Waals surface area (Å²) in [5.74, 6) is -0.317. The van der Waals surface area contributed by atoms with Crippen molar-refractivity contribution in [2.75, 3.05) is 18.0 Å². The fourth-order valence-corrected chi connectivity index (χ4v) is 3.74. The summed E-state index contributed by atoms with van der Waals surface area (Å²) in [6.07, 6.45) is 1.71. The molecule has 4 rings (SSSR count). The maximum Gasteiger partial charge on any atom is 0.336 e. The van der Waals surface area contributed by atoms with Crippen LogP contribution in [0, 0.1) is 5.92 Å². The number of anilines is 1. The van der Waals surface area contributed by atoms with Crippen molar-refractivity contribution in [1.82, 2.24) is 4.98 Å². The summed E-state index contributed by atoms with van der Waals surface area (Å²) >= 11 is 0. The number of carboxylic acid groups (broad SMARTS) is 1. The number of aromatic carboxylic acids is 1. The van der Waals surface area contributed by atoms with E-state index < -0.39 is 5.97 Å². The molecule has 3 aromatic rings. The van der Waals surface area contributed by atoms with Crippen molar-refractivity contribution < 1.29 is 14.7 Å². The first kappa shape index (κ1) is 17.2. The Morgan fingerprint density at radius 3 is 2.56 bits per heavy atom. The van der Waals surface area contributed by atoms with Crippen LogP contribution in [0.3, 0.4) is 0 Å². The third-order valence-electron chi connectivity index (χ3n) is 5.11. The normalized spacial score (nSPS) is 17.0. The molecule has 2 aromatic carbocycles. The lowest BCUT2D eigenvalue weighted by molar-refractivity contribution is 0.0698. The first-order valence-corrected chi connectivity index (χ1v) is 9.11. The first-order valence-electron chi connectivity index (χ1n) is 9.11. The van der Waals surface area contributed by atoms with Crippen molar-refractivity contribution in [3.05, 3.63) is 71.8 Å². The van der Waals surface area contributed by atoms with Crippen molar-refractivity contribution in [3.8, 4) is 0 Å². The van der Waals surface area contributed by atoms with Gasteiger partial charge in [0.25, 0.3) is 0 Å². The van der Waals surface area contributed by atoms with Crippen LogP contribution < -0.4 is 4.90 Å². The van der Waals surface area contributed by atoms with Gasteiger partial charge in [0.2, 0.25) is 0 Å².